The summed E-state index contributed by atoms with van der Waals surface area (Å²) < 4.78 is 0. The monoisotopic (exact) mass is 238 g/mol. The summed E-state index contributed by atoms with van der Waals surface area (Å²) in [5.74, 6) is 1.86. The van der Waals surface area contributed by atoms with E-state index in [1.807, 2.05) is 0 Å². The third-order valence-corrected chi connectivity index (χ3v) is 5.91. The summed E-state index contributed by atoms with van der Waals surface area (Å²) in [6, 6.07) is 0. The Bertz CT molecular complexity index is 238. The van der Waals surface area contributed by atoms with Gasteiger partial charge in [0.2, 0.25) is 0 Å². The zero-order valence-corrected chi connectivity index (χ0v) is 13.5. The maximum absolute atomic E-state index is 2.48. The Labute approximate surface area is 110 Å². The highest BCUT2D eigenvalue weighted by atomic mass is 14.5. The molecule has 0 spiro atoms. The molecule has 0 nitrogen and oxygen atoms in total. The van der Waals surface area contributed by atoms with Crippen LogP contribution in [0.2, 0.25) is 0 Å². The van der Waals surface area contributed by atoms with Crippen LogP contribution >= 0.6 is 0 Å². The Morgan fingerprint density at radius 3 is 1.24 bits per heavy atom. The van der Waals surface area contributed by atoms with Gasteiger partial charge in [0, 0.05) is 0 Å². The second kappa shape index (κ2) is 4.59. The molecule has 1 saturated carbocycles. The fourth-order valence-corrected chi connectivity index (χ4v) is 3.29. The summed E-state index contributed by atoms with van der Waals surface area (Å²) >= 11 is 0. The maximum atomic E-state index is 2.48. The molecule has 1 aliphatic rings. The molecule has 0 heteroatoms. The highest BCUT2D eigenvalue weighted by Gasteiger charge is 2.42. The summed E-state index contributed by atoms with van der Waals surface area (Å²) in [6.07, 6.45) is 5.75. The first-order valence-electron chi connectivity index (χ1n) is 7.46. The molecule has 0 unspecified atom stereocenters. The third-order valence-electron chi connectivity index (χ3n) is 5.91. The van der Waals surface area contributed by atoms with Gasteiger partial charge < -0.3 is 0 Å². The van der Waals surface area contributed by atoms with Crippen LogP contribution in [0.25, 0.3) is 0 Å². The van der Waals surface area contributed by atoms with Gasteiger partial charge in [-0.05, 0) is 53.8 Å². The largest absolute Gasteiger partial charge is 0.0599 e. The Morgan fingerprint density at radius 2 is 0.941 bits per heavy atom. The van der Waals surface area contributed by atoms with Gasteiger partial charge in [-0.15, -0.1) is 0 Å². The molecule has 0 aromatic carbocycles. The molecule has 0 aromatic heterocycles. The lowest BCUT2D eigenvalue weighted by Gasteiger charge is -2.49. The minimum atomic E-state index is 0.423. The Hall–Kier alpha value is 0. The number of rotatable bonds is 1. The molecule has 0 aromatic rings. The molecule has 0 bridgehead atoms. The van der Waals surface area contributed by atoms with Crippen molar-refractivity contribution in [3.8, 4) is 0 Å². The second-order valence-corrected chi connectivity index (χ2v) is 8.89. The Balaban J connectivity index is 2.64. The van der Waals surface area contributed by atoms with E-state index in [1.165, 1.54) is 25.7 Å². The third kappa shape index (κ3) is 3.26. The minimum absolute atomic E-state index is 0.423. The van der Waals surface area contributed by atoms with Crippen LogP contribution in [0.4, 0.5) is 0 Å². The quantitative estimate of drug-likeness (QED) is 0.532. The lowest BCUT2D eigenvalue weighted by atomic mass is 9.56. The van der Waals surface area contributed by atoms with Gasteiger partial charge in [0.15, 0.2) is 0 Å². The zero-order valence-electron chi connectivity index (χ0n) is 13.5. The van der Waals surface area contributed by atoms with Crippen LogP contribution in [-0.4, -0.2) is 0 Å². The molecule has 0 aliphatic heterocycles. The van der Waals surface area contributed by atoms with Crippen LogP contribution in [0.5, 0.6) is 0 Å². The fourth-order valence-electron chi connectivity index (χ4n) is 3.29. The molecular weight excluding hydrogens is 204 g/mol. The number of hydrogen-bond donors (Lipinski definition) is 0. The summed E-state index contributed by atoms with van der Waals surface area (Å²) in [5, 5.41) is 0. The highest BCUT2D eigenvalue weighted by molar-refractivity contribution is 4.92. The minimum Gasteiger partial charge on any atom is -0.0599 e. The van der Waals surface area contributed by atoms with Gasteiger partial charge in [0.25, 0.3) is 0 Å². The lowest BCUT2D eigenvalue weighted by Crippen LogP contribution is -2.40. The van der Waals surface area contributed by atoms with Crippen LogP contribution in [0, 0.1) is 28.1 Å². The molecule has 0 heterocycles. The fraction of sp³-hybridized carbons (Fsp3) is 1.00. The standard InChI is InChI=1S/C17H34/c1-15(2,3)13-9-11-14(12-10-13)17(7,8)16(4,5)6/h13-14H,9-12H2,1-8H3. The topological polar surface area (TPSA) is 0 Å². The van der Waals surface area contributed by atoms with Crippen molar-refractivity contribution in [2.75, 3.05) is 0 Å². The molecule has 0 radical (unpaired) electrons. The molecule has 102 valence electrons. The smallest absolute Gasteiger partial charge is 0.0277 e. The van der Waals surface area contributed by atoms with Gasteiger partial charge >= 0.3 is 0 Å². The molecule has 0 saturated heterocycles. The first-order valence-corrected chi connectivity index (χ1v) is 7.46. The second-order valence-electron chi connectivity index (χ2n) is 8.89. The van der Waals surface area contributed by atoms with Crippen molar-refractivity contribution >= 4 is 0 Å². The lowest BCUT2D eigenvalue weighted by molar-refractivity contribution is 0.0101. The van der Waals surface area contributed by atoms with Gasteiger partial charge in [-0.2, -0.15) is 0 Å². The van der Waals surface area contributed by atoms with Crippen LogP contribution < -0.4 is 0 Å². The van der Waals surface area contributed by atoms with Crippen molar-refractivity contribution in [2.45, 2.75) is 81.1 Å². The maximum Gasteiger partial charge on any atom is -0.0277 e. The predicted octanol–water partition coefficient (Wildman–Crippen LogP) is 5.91. The van der Waals surface area contributed by atoms with Crippen LogP contribution in [-0.2, 0) is 0 Å². The van der Waals surface area contributed by atoms with Crippen molar-refractivity contribution in [3.05, 3.63) is 0 Å². The molecule has 1 rings (SSSR count). The van der Waals surface area contributed by atoms with Gasteiger partial charge in [-0.25, -0.2) is 0 Å². The van der Waals surface area contributed by atoms with Crippen LogP contribution in [0.1, 0.15) is 81.1 Å². The van der Waals surface area contributed by atoms with Crippen molar-refractivity contribution in [1.29, 1.82) is 0 Å². The molecular formula is C17H34. The average molecular weight is 238 g/mol. The summed E-state index contributed by atoms with van der Waals surface area (Å²) in [5.41, 5.74) is 1.40. The van der Waals surface area contributed by atoms with E-state index >= 15 is 0 Å². The zero-order chi connectivity index (χ0) is 13.5. The number of hydrogen-bond acceptors (Lipinski definition) is 0. The van der Waals surface area contributed by atoms with Crippen molar-refractivity contribution in [1.82, 2.24) is 0 Å². The molecule has 0 amide bonds. The average Bonchev–Trinajstić information content (AvgIpc) is 2.15. The summed E-state index contributed by atoms with van der Waals surface area (Å²) in [4.78, 5) is 0. The first-order chi connectivity index (χ1) is 7.46. The van der Waals surface area contributed by atoms with Gasteiger partial charge in [0.05, 0.1) is 0 Å². The van der Waals surface area contributed by atoms with E-state index in [9.17, 15) is 0 Å². The van der Waals surface area contributed by atoms with E-state index < -0.39 is 0 Å². The molecule has 1 aliphatic carbocycles. The van der Waals surface area contributed by atoms with E-state index in [2.05, 4.69) is 55.4 Å². The molecule has 0 N–H and O–H groups in total. The first kappa shape index (κ1) is 15.1. The van der Waals surface area contributed by atoms with Gasteiger partial charge in [-0.1, -0.05) is 55.4 Å². The van der Waals surface area contributed by atoms with Crippen LogP contribution in [0.3, 0.4) is 0 Å². The summed E-state index contributed by atoms with van der Waals surface area (Å²) in [6.45, 7) is 19.4. The molecule has 1 fully saturated rings. The predicted molar refractivity (Wildman–Crippen MR) is 78.1 cm³/mol. The Kier molecular flexibility index (Phi) is 4.07. The Morgan fingerprint density at radius 1 is 0.588 bits per heavy atom. The van der Waals surface area contributed by atoms with E-state index in [0.29, 0.717) is 16.2 Å². The van der Waals surface area contributed by atoms with E-state index in [4.69, 9.17) is 0 Å². The van der Waals surface area contributed by atoms with Crippen molar-refractivity contribution in [3.63, 3.8) is 0 Å². The highest BCUT2D eigenvalue weighted by Crippen LogP contribution is 2.51. The SMILES string of the molecule is CC(C)(C)C1CCC(C(C)(C)C(C)(C)C)CC1. The van der Waals surface area contributed by atoms with Crippen molar-refractivity contribution in [2.24, 2.45) is 28.1 Å². The van der Waals surface area contributed by atoms with Gasteiger partial charge in [0.1, 0.15) is 0 Å². The molecule has 17 heavy (non-hydrogen) atoms. The normalized spacial score (nSPS) is 28.2. The molecule has 0 atom stereocenters. The van der Waals surface area contributed by atoms with Crippen LogP contribution in [0.15, 0.2) is 0 Å². The van der Waals surface area contributed by atoms with Gasteiger partial charge in [-0.3, -0.25) is 0 Å². The summed E-state index contributed by atoms with van der Waals surface area (Å²) in [7, 11) is 0. The van der Waals surface area contributed by atoms with E-state index in [1.54, 1.807) is 0 Å². The van der Waals surface area contributed by atoms with Crippen molar-refractivity contribution < 1.29 is 0 Å². The van der Waals surface area contributed by atoms with E-state index in [0.717, 1.165) is 11.8 Å². The van der Waals surface area contributed by atoms with E-state index in [-0.39, 0.29) is 0 Å².